The SMILES string of the molecule is COc1cc(OC)cc(C(=O)C(=O)c2cc3c(cc2C#Cc2ccc(OC)c(OC)c2)OCCO3)c1. The maximum Gasteiger partial charge on any atom is 0.234 e. The fourth-order valence-electron chi connectivity index (χ4n) is 3.63. The van der Waals surface area contributed by atoms with E-state index in [1.165, 1.54) is 39.5 Å². The smallest absolute Gasteiger partial charge is 0.234 e. The first-order chi connectivity index (χ1) is 17.5. The third-order valence-electron chi connectivity index (χ3n) is 5.47. The molecule has 4 rings (SSSR count). The fraction of sp³-hybridized carbons (Fsp3) is 0.214. The van der Waals surface area contributed by atoms with Gasteiger partial charge in [-0.15, -0.1) is 0 Å². The number of fused-ring (bicyclic) bond motifs is 1. The van der Waals surface area contributed by atoms with Crippen molar-refractivity contribution in [3.8, 4) is 46.3 Å². The number of carbonyl (C=O) groups excluding carboxylic acids is 2. The van der Waals surface area contributed by atoms with E-state index in [2.05, 4.69) is 11.8 Å². The summed E-state index contributed by atoms with van der Waals surface area (Å²) >= 11 is 0. The summed E-state index contributed by atoms with van der Waals surface area (Å²) in [5.41, 5.74) is 1.18. The average Bonchev–Trinajstić information content (AvgIpc) is 2.94. The number of methoxy groups -OCH3 is 4. The van der Waals surface area contributed by atoms with E-state index in [1.54, 1.807) is 37.4 Å². The van der Waals surface area contributed by atoms with Crippen molar-refractivity contribution in [3.63, 3.8) is 0 Å². The zero-order valence-electron chi connectivity index (χ0n) is 20.3. The van der Waals surface area contributed by atoms with Crippen LogP contribution in [-0.4, -0.2) is 53.2 Å². The molecule has 0 radical (unpaired) electrons. The Morgan fingerprint density at radius 1 is 0.694 bits per heavy atom. The van der Waals surface area contributed by atoms with Crippen molar-refractivity contribution in [2.75, 3.05) is 41.7 Å². The van der Waals surface area contributed by atoms with Gasteiger partial charge in [-0.2, -0.15) is 0 Å². The molecular weight excluding hydrogens is 464 g/mol. The minimum Gasteiger partial charge on any atom is -0.497 e. The van der Waals surface area contributed by atoms with Gasteiger partial charge >= 0.3 is 0 Å². The van der Waals surface area contributed by atoms with Crippen molar-refractivity contribution in [2.24, 2.45) is 0 Å². The zero-order valence-corrected chi connectivity index (χ0v) is 20.3. The maximum atomic E-state index is 13.4. The second-order valence-corrected chi connectivity index (χ2v) is 7.62. The van der Waals surface area contributed by atoms with E-state index in [0.29, 0.717) is 58.8 Å². The molecule has 0 aromatic heterocycles. The van der Waals surface area contributed by atoms with E-state index in [4.69, 9.17) is 28.4 Å². The molecule has 0 N–H and O–H groups in total. The Kier molecular flexibility index (Phi) is 7.31. The standard InChI is InChI=1S/C28H24O8/c1-31-20-12-19(13-21(15-20)32-2)27(29)28(30)22-16-26-25(35-9-10-36-26)14-18(22)7-5-17-6-8-23(33-3)24(11-17)34-4/h6,8,11-16H,9-10H2,1-4H3. The lowest BCUT2D eigenvalue weighted by Crippen LogP contribution is -2.19. The number of hydrogen-bond acceptors (Lipinski definition) is 8. The summed E-state index contributed by atoms with van der Waals surface area (Å²) in [5.74, 6) is 7.21. The summed E-state index contributed by atoms with van der Waals surface area (Å²) in [4.78, 5) is 26.6. The van der Waals surface area contributed by atoms with Crippen molar-refractivity contribution in [1.82, 2.24) is 0 Å². The van der Waals surface area contributed by atoms with Crippen LogP contribution in [0.5, 0.6) is 34.5 Å². The Labute approximate surface area is 208 Å². The van der Waals surface area contributed by atoms with E-state index >= 15 is 0 Å². The first kappa shape index (κ1) is 24.5. The van der Waals surface area contributed by atoms with Crippen molar-refractivity contribution >= 4 is 11.6 Å². The molecule has 0 spiro atoms. The molecule has 0 saturated carbocycles. The highest BCUT2D eigenvalue weighted by atomic mass is 16.6. The molecule has 3 aromatic carbocycles. The lowest BCUT2D eigenvalue weighted by Gasteiger charge is -2.19. The molecule has 0 unspecified atom stereocenters. The molecule has 0 bridgehead atoms. The van der Waals surface area contributed by atoms with E-state index < -0.39 is 11.6 Å². The van der Waals surface area contributed by atoms with Gasteiger partial charge in [0.15, 0.2) is 23.0 Å². The van der Waals surface area contributed by atoms with Gasteiger partial charge in [0.2, 0.25) is 11.6 Å². The molecule has 3 aromatic rings. The number of Topliss-reactive ketones (excluding diaryl/α,β-unsaturated/α-hetero) is 2. The highest BCUT2D eigenvalue weighted by Crippen LogP contribution is 2.34. The number of ketones is 2. The monoisotopic (exact) mass is 488 g/mol. The molecule has 0 saturated heterocycles. The van der Waals surface area contributed by atoms with Crippen LogP contribution in [-0.2, 0) is 0 Å². The normalized spacial score (nSPS) is 11.6. The third kappa shape index (κ3) is 5.05. The molecule has 0 aliphatic carbocycles. The Bertz CT molecular complexity index is 1360. The molecule has 1 aliphatic heterocycles. The van der Waals surface area contributed by atoms with Crippen molar-refractivity contribution in [1.29, 1.82) is 0 Å². The summed E-state index contributed by atoms with van der Waals surface area (Å²) in [5, 5.41) is 0. The van der Waals surface area contributed by atoms with E-state index in [9.17, 15) is 9.59 Å². The van der Waals surface area contributed by atoms with Crippen LogP contribution in [0.3, 0.4) is 0 Å². The summed E-state index contributed by atoms with van der Waals surface area (Å²) in [6.45, 7) is 0.698. The first-order valence-corrected chi connectivity index (χ1v) is 11.0. The number of hydrogen-bond donors (Lipinski definition) is 0. The van der Waals surface area contributed by atoms with Crippen LogP contribution in [0, 0.1) is 11.8 Å². The predicted octanol–water partition coefficient (Wildman–Crippen LogP) is 3.96. The van der Waals surface area contributed by atoms with Gasteiger partial charge in [-0.05, 0) is 36.4 Å². The third-order valence-corrected chi connectivity index (χ3v) is 5.47. The molecule has 0 atom stereocenters. The number of ether oxygens (including phenoxy) is 6. The molecule has 8 heteroatoms. The lowest BCUT2D eigenvalue weighted by molar-refractivity contribution is 0.0816. The molecule has 0 amide bonds. The van der Waals surface area contributed by atoms with Crippen LogP contribution in [0.2, 0.25) is 0 Å². The summed E-state index contributed by atoms with van der Waals surface area (Å²) in [6.07, 6.45) is 0. The lowest BCUT2D eigenvalue weighted by atomic mass is 9.96. The van der Waals surface area contributed by atoms with Crippen molar-refractivity contribution in [3.05, 3.63) is 70.8 Å². The van der Waals surface area contributed by atoms with Crippen LogP contribution in [0.1, 0.15) is 31.8 Å². The summed E-state index contributed by atoms with van der Waals surface area (Å²) in [6, 6.07) is 12.9. The first-order valence-electron chi connectivity index (χ1n) is 11.0. The van der Waals surface area contributed by atoms with Gasteiger partial charge in [0.1, 0.15) is 24.7 Å². The van der Waals surface area contributed by atoms with Crippen LogP contribution in [0.4, 0.5) is 0 Å². The van der Waals surface area contributed by atoms with Crippen LogP contribution >= 0.6 is 0 Å². The van der Waals surface area contributed by atoms with Crippen molar-refractivity contribution < 1.29 is 38.0 Å². The predicted molar refractivity (Wildman–Crippen MR) is 131 cm³/mol. The second-order valence-electron chi connectivity index (χ2n) is 7.62. The fourth-order valence-corrected chi connectivity index (χ4v) is 3.63. The van der Waals surface area contributed by atoms with Gasteiger partial charge in [0.05, 0.1) is 28.4 Å². The number of rotatable bonds is 7. The average molecular weight is 488 g/mol. The summed E-state index contributed by atoms with van der Waals surface area (Å²) < 4.78 is 32.4. The van der Waals surface area contributed by atoms with Gasteiger partial charge in [-0.1, -0.05) is 11.8 Å². The zero-order chi connectivity index (χ0) is 25.7. The Morgan fingerprint density at radius 3 is 1.94 bits per heavy atom. The molecule has 8 nitrogen and oxygen atoms in total. The van der Waals surface area contributed by atoms with Gasteiger partial charge in [-0.25, -0.2) is 0 Å². The highest BCUT2D eigenvalue weighted by molar-refractivity contribution is 6.49. The molecule has 1 heterocycles. The van der Waals surface area contributed by atoms with E-state index in [1.807, 2.05) is 0 Å². The van der Waals surface area contributed by atoms with Gasteiger partial charge in [0, 0.05) is 34.4 Å². The number of carbonyl (C=O) groups is 2. The van der Waals surface area contributed by atoms with Gasteiger partial charge in [0.25, 0.3) is 0 Å². The Morgan fingerprint density at radius 2 is 1.33 bits per heavy atom. The van der Waals surface area contributed by atoms with E-state index in [-0.39, 0.29) is 11.1 Å². The molecule has 36 heavy (non-hydrogen) atoms. The quantitative estimate of drug-likeness (QED) is 0.281. The minimum atomic E-state index is -0.751. The van der Waals surface area contributed by atoms with Crippen molar-refractivity contribution in [2.45, 2.75) is 0 Å². The second kappa shape index (κ2) is 10.7. The molecule has 0 fully saturated rings. The Hall–Kier alpha value is -4.64. The van der Waals surface area contributed by atoms with Gasteiger partial charge < -0.3 is 28.4 Å². The molecule has 184 valence electrons. The van der Waals surface area contributed by atoms with Crippen LogP contribution in [0.25, 0.3) is 0 Å². The maximum absolute atomic E-state index is 13.4. The minimum absolute atomic E-state index is 0.0963. The topological polar surface area (TPSA) is 89.5 Å². The Balaban J connectivity index is 1.77. The largest absolute Gasteiger partial charge is 0.497 e. The van der Waals surface area contributed by atoms with E-state index in [0.717, 1.165) is 0 Å². The molecule has 1 aliphatic rings. The van der Waals surface area contributed by atoms with Gasteiger partial charge in [-0.3, -0.25) is 9.59 Å². The summed E-state index contributed by atoms with van der Waals surface area (Å²) in [7, 11) is 6.01. The number of benzene rings is 3. The molecular formula is C28H24O8. The highest BCUT2D eigenvalue weighted by Gasteiger charge is 2.25. The van der Waals surface area contributed by atoms with Crippen LogP contribution in [0.15, 0.2) is 48.5 Å². The van der Waals surface area contributed by atoms with Crippen LogP contribution < -0.4 is 28.4 Å².